The Kier molecular flexibility index (Phi) is 7.90. The first-order chi connectivity index (χ1) is 15.0. The molecular formula is C23H33N3O5. The second kappa shape index (κ2) is 10.6. The third-order valence-corrected chi connectivity index (χ3v) is 6.70. The molecule has 3 heterocycles. The zero-order valence-corrected chi connectivity index (χ0v) is 18.3. The molecule has 2 amide bonds. The zero-order chi connectivity index (χ0) is 22.4. The normalized spacial score (nSPS) is 27.4. The van der Waals surface area contributed by atoms with Crippen LogP contribution in [0.4, 0.5) is 0 Å². The number of amides is 2. The third-order valence-electron chi connectivity index (χ3n) is 6.70. The van der Waals surface area contributed by atoms with E-state index in [-0.39, 0.29) is 24.3 Å². The zero-order valence-electron chi connectivity index (χ0n) is 18.3. The molecule has 4 atom stereocenters. The number of hydrogen-bond acceptors (Lipinski definition) is 5. The molecule has 0 aromatic heterocycles. The summed E-state index contributed by atoms with van der Waals surface area (Å²) in [6.07, 6.45) is 3.91. The van der Waals surface area contributed by atoms with Crippen molar-refractivity contribution in [2.24, 2.45) is 11.8 Å². The van der Waals surface area contributed by atoms with Gasteiger partial charge in [-0.15, -0.1) is 0 Å². The minimum Gasteiger partial charge on any atom is -0.497 e. The maximum atomic E-state index is 12.7. The van der Waals surface area contributed by atoms with E-state index in [0.29, 0.717) is 30.8 Å². The molecule has 1 aromatic rings. The summed E-state index contributed by atoms with van der Waals surface area (Å²) in [5.74, 6) is 2.10. The fourth-order valence-electron chi connectivity index (χ4n) is 5.50. The number of likely N-dealkylation sites (tertiary alicyclic amines) is 1. The van der Waals surface area contributed by atoms with Crippen molar-refractivity contribution >= 4 is 18.3 Å². The fourth-order valence-corrected chi connectivity index (χ4v) is 5.50. The van der Waals surface area contributed by atoms with Crippen molar-refractivity contribution in [3.05, 3.63) is 29.8 Å². The van der Waals surface area contributed by atoms with E-state index < -0.39 is 0 Å². The summed E-state index contributed by atoms with van der Waals surface area (Å²) in [7, 11) is 1.69. The van der Waals surface area contributed by atoms with Gasteiger partial charge in [0.05, 0.1) is 13.2 Å². The fraction of sp³-hybridized carbons (Fsp3) is 0.609. The molecule has 0 unspecified atom stereocenters. The van der Waals surface area contributed by atoms with Crippen LogP contribution < -0.4 is 10.1 Å². The van der Waals surface area contributed by atoms with Crippen LogP contribution >= 0.6 is 0 Å². The Morgan fingerprint density at radius 3 is 2.58 bits per heavy atom. The maximum Gasteiger partial charge on any atom is 0.290 e. The van der Waals surface area contributed by atoms with Crippen LogP contribution in [0.1, 0.15) is 38.2 Å². The molecule has 0 aliphatic carbocycles. The van der Waals surface area contributed by atoms with Gasteiger partial charge < -0.3 is 20.1 Å². The summed E-state index contributed by atoms with van der Waals surface area (Å²) in [5.41, 5.74) is 1.29. The molecule has 0 saturated carbocycles. The van der Waals surface area contributed by atoms with Gasteiger partial charge in [-0.3, -0.25) is 19.3 Å². The van der Waals surface area contributed by atoms with Gasteiger partial charge in [0.25, 0.3) is 6.47 Å². The first-order valence-corrected chi connectivity index (χ1v) is 11.0. The first kappa shape index (κ1) is 23.1. The smallest absolute Gasteiger partial charge is 0.290 e. The SMILES string of the molecule is COc1ccc(CN2C[C@H]3C[C@@H](C2)[C@H](CNC(C)=O)N2C(=O)CCC[C@@H]32)cc1.O=CO. The molecule has 8 heteroatoms. The number of methoxy groups -OCH3 is 1. The van der Waals surface area contributed by atoms with Crippen molar-refractivity contribution in [2.45, 2.75) is 51.2 Å². The summed E-state index contributed by atoms with van der Waals surface area (Å²) in [6, 6.07) is 8.75. The van der Waals surface area contributed by atoms with Crippen LogP contribution in [-0.4, -0.2) is 72.0 Å². The van der Waals surface area contributed by atoms with Crippen LogP contribution in [-0.2, 0) is 20.9 Å². The van der Waals surface area contributed by atoms with Gasteiger partial charge in [0.2, 0.25) is 11.8 Å². The van der Waals surface area contributed by atoms with E-state index in [9.17, 15) is 9.59 Å². The number of hydrogen-bond donors (Lipinski definition) is 2. The van der Waals surface area contributed by atoms with Gasteiger partial charge in [-0.05, 0) is 48.8 Å². The molecule has 2 N–H and O–H groups in total. The highest BCUT2D eigenvalue weighted by molar-refractivity contribution is 5.78. The Morgan fingerprint density at radius 1 is 1.26 bits per heavy atom. The lowest BCUT2D eigenvalue weighted by molar-refractivity contribution is -0.153. The maximum absolute atomic E-state index is 12.7. The number of carbonyl (C=O) groups is 3. The molecule has 1 aromatic carbocycles. The molecule has 3 aliphatic heterocycles. The molecule has 3 aliphatic rings. The van der Waals surface area contributed by atoms with Gasteiger partial charge >= 0.3 is 0 Å². The van der Waals surface area contributed by atoms with E-state index in [1.165, 1.54) is 5.56 Å². The van der Waals surface area contributed by atoms with E-state index in [1.54, 1.807) is 14.0 Å². The Balaban J connectivity index is 0.000000858. The topological polar surface area (TPSA) is 99.2 Å². The molecule has 3 fully saturated rings. The van der Waals surface area contributed by atoms with Crippen molar-refractivity contribution in [3.63, 3.8) is 0 Å². The Hall–Kier alpha value is -2.61. The van der Waals surface area contributed by atoms with Crippen LogP contribution in [0.15, 0.2) is 24.3 Å². The molecular weight excluding hydrogens is 398 g/mol. The predicted molar refractivity (Wildman–Crippen MR) is 116 cm³/mol. The second-order valence-electron chi connectivity index (χ2n) is 8.67. The van der Waals surface area contributed by atoms with Crippen LogP contribution in [0.5, 0.6) is 5.75 Å². The van der Waals surface area contributed by atoms with Crippen LogP contribution in [0.25, 0.3) is 0 Å². The van der Waals surface area contributed by atoms with Crippen molar-refractivity contribution in [1.82, 2.24) is 15.1 Å². The van der Waals surface area contributed by atoms with Crippen molar-refractivity contribution < 1.29 is 24.2 Å². The molecule has 0 radical (unpaired) electrons. The van der Waals surface area contributed by atoms with Crippen molar-refractivity contribution in [3.8, 4) is 5.75 Å². The van der Waals surface area contributed by atoms with E-state index in [0.717, 1.165) is 44.6 Å². The monoisotopic (exact) mass is 431 g/mol. The molecule has 0 spiro atoms. The van der Waals surface area contributed by atoms with Crippen LogP contribution in [0.2, 0.25) is 0 Å². The largest absolute Gasteiger partial charge is 0.497 e. The molecule has 170 valence electrons. The molecule has 4 rings (SSSR count). The first-order valence-electron chi connectivity index (χ1n) is 11.0. The number of piperidine rings is 3. The van der Waals surface area contributed by atoms with Crippen molar-refractivity contribution in [2.75, 3.05) is 26.7 Å². The highest BCUT2D eigenvalue weighted by Gasteiger charge is 2.49. The van der Waals surface area contributed by atoms with Gasteiger partial charge in [-0.2, -0.15) is 0 Å². The number of ether oxygens (including phenoxy) is 1. The number of carboxylic acid groups (broad SMARTS) is 1. The molecule has 2 bridgehead atoms. The summed E-state index contributed by atoms with van der Waals surface area (Å²) in [5, 5.41) is 9.87. The average Bonchev–Trinajstić information content (AvgIpc) is 2.75. The lowest BCUT2D eigenvalue weighted by Crippen LogP contribution is -2.66. The second-order valence-corrected chi connectivity index (χ2v) is 8.67. The van der Waals surface area contributed by atoms with Crippen LogP contribution in [0, 0.1) is 11.8 Å². The minimum absolute atomic E-state index is 0.0194. The number of nitrogens with zero attached hydrogens (tertiary/aromatic N) is 2. The van der Waals surface area contributed by atoms with Gasteiger partial charge in [-0.1, -0.05) is 12.1 Å². The Labute approximate surface area is 183 Å². The number of benzene rings is 1. The third kappa shape index (κ3) is 5.55. The standard InChI is InChI=1S/C22H31N3O3.CH2O2/c1-15(26)23-11-21-18-10-17(20-4-3-5-22(27)25(20)21)13-24(14-18)12-16-6-8-19(28-2)9-7-16;2-1-3/h6-9,17-18,20-21H,3-5,10-14H2,1-2H3,(H,23,26);1H,(H,2,3)/t17-,18+,20+,21+;/m1./s1. The Morgan fingerprint density at radius 2 is 1.94 bits per heavy atom. The highest BCUT2D eigenvalue weighted by Crippen LogP contribution is 2.41. The summed E-state index contributed by atoms with van der Waals surface area (Å²) in [4.78, 5) is 37.3. The van der Waals surface area contributed by atoms with E-state index in [4.69, 9.17) is 14.6 Å². The summed E-state index contributed by atoms with van der Waals surface area (Å²) in [6.45, 7) is 4.82. The van der Waals surface area contributed by atoms with E-state index in [1.807, 2.05) is 12.1 Å². The van der Waals surface area contributed by atoms with E-state index in [2.05, 4.69) is 27.2 Å². The number of nitrogens with one attached hydrogen (secondary N) is 1. The summed E-state index contributed by atoms with van der Waals surface area (Å²) >= 11 is 0. The summed E-state index contributed by atoms with van der Waals surface area (Å²) < 4.78 is 5.26. The van der Waals surface area contributed by atoms with Gasteiger partial charge in [0.15, 0.2) is 0 Å². The van der Waals surface area contributed by atoms with Gasteiger partial charge in [0, 0.05) is 45.6 Å². The minimum atomic E-state index is -0.250. The van der Waals surface area contributed by atoms with Crippen LogP contribution in [0.3, 0.4) is 0 Å². The lowest BCUT2D eigenvalue weighted by Gasteiger charge is -2.56. The predicted octanol–water partition coefficient (Wildman–Crippen LogP) is 1.73. The highest BCUT2D eigenvalue weighted by atomic mass is 16.5. The number of carbonyl (C=O) groups excluding carboxylic acids is 2. The van der Waals surface area contributed by atoms with Gasteiger partial charge in [-0.25, -0.2) is 0 Å². The average molecular weight is 432 g/mol. The van der Waals surface area contributed by atoms with Gasteiger partial charge in [0.1, 0.15) is 5.75 Å². The molecule has 31 heavy (non-hydrogen) atoms. The van der Waals surface area contributed by atoms with Crippen molar-refractivity contribution in [1.29, 1.82) is 0 Å². The quantitative estimate of drug-likeness (QED) is 0.689. The molecule has 8 nitrogen and oxygen atoms in total. The number of rotatable bonds is 5. The molecule has 3 saturated heterocycles. The number of fused-ring (bicyclic) bond motifs is 4. The lowest BCUT2D eigenvalue weighted by atomic mass is 9.72. The Bertz CT molecular complexity index is 769. The van der Waals surface area contributed by atoms with E-state index >= 15 is 0 Å².